The number of amides is 2. The molecular formula is C27H25N3O4. The third-order valence-corrected chi connectivity index (χ3v) is 6.17. The first-order valence-electron chi connectivity index (χ1n) is 11.1. The topological polar surface area (TPSA) is 97.7 Å². The molecule has 1 atom stereocenters. The first-order valence-corrected chi connectivity index (χ1v) is 11.1. The Balaban J connectivity index is 1.45. The fourth-order valence-electron chi connectivity index (χ4n) is 4.45. The molecule has 0 aliphatic carbocycles. The molecule has 3 aromatic carbocycles. The van der Waals surface area contributed by atoms with Crippen LogP contribution < -0.4 is 20.1 Å². The molecule has 0 radical (unpaired) electrons. The Hall–Kier alpha value is -4.26. The lowest BCUT2D eigenvalue weighted by Crippen LogP contribution is -2.49. The van der Waals surface area contributed by atoms with Crippen LogP contribution in [-0.4, -0.2) is 36.6 Å². The zero-order chi connectivity index (χ0) is 23.7. The van der Waals surface area contributed by atoms with E-state index in [2.05, 4.69) is 11.1 Å². The number of aromatic amines is 1. The Bertz CT molecular complexity index is 1360. The molecule has 0 spiro atoms. The summed E-state index contributed by atoms with van der Waals surface area (Å²) >= 11 is 0. The number of para-hydroxylation sites is 3. The van der Waals surface area contributed by atoms with Crippen molar-refractivity contribution >= 4 is 28.4 Å². The predicted molar refractivity (Wildman–Crippen MR) is 131 cm³/mol. The van der Waals surface area contributed by atoms with Gasteiger partial charge < -0.3 is 25.1 Å². The average molecular weight is 456 g/mol. The molecule has 0 saturated heterocycles. The van der Waals surface area contributed by atoms with Gasteiger partial charge >= 0.3 is 0 Å². The molecule has 0 saturated carbocycles. The largest absolute Gasteiger partial charge is 0.497 e. The fourth-order valence-corrected chi connectivity index (χ4v) is 4.45. The highest BCUT2D eigenvalue weighted by molar-refractivity contribution is 5.98. The Labute approximate surface area is 197 Å². The Kier molecular flexibility index (Phi) is 5.67. The van der Waals surface area contributed by atoms with Gasteiger partial charge in [0, 0.05) is 23.0 Å². The number of ether oxygens (including phenoxy) is 2. The Morgan fingerprint density at radius 3 is 2.56 bits per heavy atom. The number of aryl methyl sites for hydroxylation is 1. The van der Waals surface area contributed by atoms with Crippen LogP contribution in [0.15, 0.2) is 72.8 Å². The number of H-pyrrole nitrogens is 1. The van der Waals surface area contributed by atoms with Crippen molar-refractivity contribution in [3.63, 3.8) is 0 Å². The number of nitrogens with two attached hydrogens (primary N) is 1. The van der Waals surface area contributed by atoms with Gasteiger partial charge in [0.05, 0.1) is 19.3 Å². The highest BCUT2D eigenvalue weighted by Crippen LogP contribution is 2.35. The van der Waals surface area contributed by atoms with Crippen LogP contribution in [0.1, 0.15) is 12.0 Å². The second kappa shape index (κ2) is 8.94. The summed E-state index contributed by atoms with van der Waals surface area (Å²) in [7, 11) is 1.64. The van der Waals surface area contributed by atoms with Gasteiger partial charge in [0.15, 0.2) is 6.10 Å². The van der Waals surface area contributed by atoms with Crippen molar-refractivity contribution in [2.24, 2.45) is 5.73 Å². The van der Waals surface area contributed by atoms with E-state index >= 15 is 0 Å². The van der Waals surface area contributed by atoms with Gasteiger partial charge in [0.1, 0.15) is 11.5 Å². The van der Waals surface area contributed by atoms with E-state index in [0.717, 1.165) is 33.5 Å². The SMILES string of the molecule is COc1ccc(-c2[nH]c3ccccc3c2CCC(=O)N2C[C@H](C(N)=O)Oc3ccccc32)cc1. The third-order valence-electron chi connectivity index (χ3n) is 6.17. The maximum atomic E-state index is 13.4. The van der Waals surface area contributed by atoms with E-state index in [9.17, 15) is 9.59 Å². The molecule has 2 heterocycles. The quantitative estimate of drug-likeness (QED) is 0.458. The van der Waals surface area contributed by atoms with Crippen molar-refractivity contribution in [2.75, 3.05) is 18.6 Å². The van der Waals surface area contributed by atoms with Gasteiger partial charge in [-0.3, -0.25) is 9.59 Å². The molecule has 0 bridgehead atoms. The maximum absolute atomic E-state index is 13.4. The summed E-state index contributed by atoms with van der Waals surface area (Å²) < 4.78 is 11.0. The van der Waals surface area contributed by atoms with E-state index in [-0.39, 0.29) is 18.9 Å². The van der Waals surface area contributed by atoms with Gasteiger partial charge in [-0.2, -0.15) is 0 Å². The van der Waals surface area contributed by atoms with E-state index in [4.69, 9.17) is 15.2 Å². The summed E-state index contributed by atoms with van der Waals surface area (Å²) in [5, 5.41) is 1.08. The van der Waals surface area contributed by atoms with Crippen molar-refractivity contribution in [2.45, 2.75) is 18.9 Å². The minimum Gasteiger partial charge on any atom is -0.497 e. The van der Waals surface area contributed by atoms with Crippen LogP contribution in [0.5, 0.6) is 11.5 Å². The van der Waals surface area contributed by atoms with Crippen LogP contribution in [0, 0.1) is 0 Å². The van der Waals surface area contributed by atoms with Gasteiger partial charge in [0.25, 0.3) is 5.91 Å². The first kappa shape index (κ1) is 21.6. The van der Waals surface area contributed by atoms with E-state index in [1.54, 1.807) is 24.1 Å². The lowest BCUT2D eigenvalue weighted by atomic mass is 10.0. The van der Waals surface area contributed by atoms with Crippen molar-refractivity contribution in [1.29, 1.82) is 0 Å². The second-order valence-electron chi connectivity index (χ2n) is 8.23. The highest BCUT2D eigenvalue weighted by atomic mass is 16.5. The van der Waals surface area contributed by atoms with Crippen molar-refractivity contribution in [1.82, 2.24) is 4.98 Å². The molecule has 3 N–H and O–H groups in total. The third kappa shape index (κ3) is 3.96. The number of hydrogen-bond donors (Lipinski definition) is 2. The molecule has 1 aliphatic rings. The summed E-state index contributed by atoms with van der Waals surface area (Å²) in [6.45, 7) is 0.102. The lowest BCUT2D eigenvalue weighted by Gasteiger charge is -2.33. The van der Waals surface area contributed by atoms with Crippen LogP contribution >= 0.6 is 0 Å². The molecule has 34 heavy (non-hydrogen) atoms. The van der Waals surface area contributed by atoms with E-state index < -0.39 is 12.0 Å². The van der Waals surface area contributed by atoms with Gasteiger partial charge in [-0.25, -0.2) is 0 Å². The molecule has 7 nitrogen and oxygen atoms in total. The van der Waals surface area contributed by atoms with E-state index in [0.29, 0.717) is 17.9 Å². The molecule has 2 amide bonds. The summed E-state index contributed by atoms with van der Waals surface area (Å²) in [5.74, 6) is 0.585. The Morgan fingerprint density at radius 1 is 1.06 bits per heavy atom. The number of primary amides is 1. The number of carbonyl (C=O) groups is 2. The van der Waals surface area contributed by atoms with Crippen molar-refractivity contribution < 1.29 is 19.1 Å². The van der Waals surface area contributed by atoms with E-state index in [1.807, 2.05) is 54.6 Å². The zero-order valence-corrected chi connectivity index (χ0v) is 18.8. The summed E-state index contributed by atoms with van der Waals surface area (Å²) in [4.78, 5) is 30.3. The number of nitrogens with one attached hydrogen (secondary N) is 1. The zero-order valence-electron chi connectivity index (χ0n) is 18.8. The second-order valence-corrected chi connectivity index (χ2v) is 8.23. The molecule has 172 valence electrons. The van der Waals surface area contributed by atoms with Gasteiger partial charge in [0.2, 0.25) is 5.91 Å². The van der Waals surface area contributed by atoms with E-state index in [1.165, 1.54) is 0 Å². The Morgan fingerprint density at radius 2 is 1.79 bits per heavy atom. The van der Waals surface area contributed by atoms with Crippen molar-refractivity contribution in [3.05, 3.63) is 78.4 Å². The number of rotatable bonds is 6. The molecule has 7 heteroatoms. The predicted octanol–water partition coefficient (Wildman–Crippen LogP) is 4.06. The summed E-state index contributed by atoms with van der Waals surface area (Å²) in [6.07, 6.45) is -0.0720. The van der Waals surface area contributed by atoms with Gasteiger partial charge in [-0.05, 0) is 60.0 Å². The van der Waals surface area contributed by atoms with Crippen LogP contribution in [-0.2, 0) is 16.0 Å². The molecule has 1 aliphatic heterocycles. The van der Waals surface area contributed by atoms with Crippen LogP contribution in [0.3, 0.4) is 0 Å². The number of anilines is 1. The van der Waals surface area contributed by atoms with Gasteiger partial charge in [-0.1, -0.05) is 30.3 Å². The molecule has 4 aromatic rings. The highest BCUT2D eigenvalue weighted by Gasteiger charge is 2.32. The monoisotopic (exact) mass is 455 g/mol. The number of hydrogen-bond acceptors (Lipinski definition) is 4. The molecule has 0 fully saturated rings. The summed E-state index contributed by atoms with van der Waals surface area (Å²) in [5.41, 5.74) is 10.2. The molecule has 1 aromatic heterocycles. The standard InChI is InChI=1S/C27H25N3O4/c1-33-18-12-10-17(11-13-18)26-20(19-6-2-3-7-21(19)29-26)14-15-25(31)30-16-24(27(28)32)34-23-9-5-4-8-22(23)30/h2-13,24,29H,14-16H2,1H3,(H2,28,32)/t24-/m1/s1. The lowest BCUT2D eigenvalue weighted by molar-refractivity contribution is -0.125. The number of nitrogens with zero attached hydrogens (tertiary/aromatic N) is 1. The van der Waals surface area contributed by atoms with Gasteiger partial charge in [-0.15, -0.1) is 0 Å². The minimum absolute atomic E-state index is 0.0898. The fraction of sp³-hybridized carbons (Fsp3) is 0.185. The maximum Gasteiger partial charge on any atom is 0.260 e. The van der Waals surface area contributed by atoms with Crippen LogP contribution in [0.2, 0.25) is 0 Å². The first-order chi connectivity index (χ1) is 16.5. The molecular weight excluding hydrogens is 430 g/mol. The molecule has 0 unspecified atom stereocenters. The minimum atomic E-state index is -0.873. The number of benzene rings is 3. The number of carbonyl (C=O) groups excluding carboxylic acids is 2. The van der Waals surface area contributed by atoms with Crippen LogP contribution in [0.25, 0.3) is 22.2 Å². The number of fused-ring (bicyclic) bond motifs is 2. The smallest absolute Gasteiger partial charge is 0.260 e. The molecule has 5 rings (SSSR count). The summed E-state index contributed by atoms with van der Waals surface area (Å²) in [6, 6.07) is 23.1. The van der Waals surface area contributed by atoms with Crippen LogP contribution in [0.4, 0.5) is 5.69 Å². The normalized spacial score (nSPS) is 15.0. The number of methoxy groups -OCH3 is 1. The van der Waals surface area contributed by atoms with Crippen molar-refractivity contribution in [3.8, 4) is 22.8 Å². The number of aromatic nitrogens is 1. The average Bonchev–Trinajstić information content (AvgIpc) is 3.25.